The summed E-state index contributed by atoms with van der Waals surface area (Å²) in [6, 6.07) is 13.9. The van der Waals surface area contributed by atoms with Gasteiger partial charge < -0.3 is 19.1 Å². The van der Waals surface area contributed by atoms with Crippen molar-refractivity contribution >= 4 is 29.4 Å². The van der Waals surface area contributed by atoms with E-state index in [4.69, 9.17) is 25.8 Å². The first-order valence-corrected chi connectivity index (χ1v) is 10.3. The largest absolute Gasteiger partial charge is 0.488 e. The molecule has 0 unspecified atom stereocenters. The summed E-state index contributed by atoms with van der Waals surface area (Å²) in [6.45, 7) is 0.747. The number of esters is 2. The zero-order valence-electron chi connectivity index (χ0n) is 17.2. The number of likely N-dealkylation sites (tertiary alicyclic amines) is 1. The summed E-state index contributed by atoms with van der Waals surface area (Å²) in [6.07, 6.45) is 1.07. The smallest absolute Gasteiger partial charge is 0.342 e. The van der Waals surface area contributed by atoms with Gasteiger partial charge in [-0.15, -0.1) is 0 Å². The van der Waals surface area contributed by atoms with Crippen molar-refractivity contribution in [1.29, 1.82) is 0 Å². The molecule has 0 atom stereocenters. The first kappa shape index (κ1) is 22.6. The molecule has 31 heavy (non-hydrogen) atoms. The van der Waals surface area contributed by atoms with E-state index in [0.29, 0.717) is 36.7 Å². The number of carbonyl (C=O) groups excluding carboxylic acids is 3. The Labute approximate surface area is 185 Å². The van der Waals surface area contributed by atoms with Gasteiger partial charge in [-0.2, -0.15) is 0 Å². The molecule has 0 aromatic heterocycles. The third kappa shape index (κ3) is 6.21. The fourth-order valence-corrected chi connectivity index (χ4v) is 3.46. The molecule has 0 spiro atoms. The van der Waals surface area contributed by atoms with Crippen LogP contribution in [0, 0.1) is 5.92 Å². The molecule has 0 N–H and O–H groups in total. The summed E-state index contributed by atoms with van der Waals surface area (Å²) in [5.41, 5.74) is 1.15. The van der Waals surface area contributed by atoms with Crippen LogP contribution in [0.3, 0.4) is 0 Å². The van der Waals surface area contributed by atoms with Gasteiger partial charge in [0.2, 0.25) is 0 Å². The Morgan fingerprint density at radius 2 is 1.71 bits per heavy atom. The van der Waals surface area contributed by atoms with E-state index in [1.54, 1.807) is 41.3 Å². The van der Waals surface area contributed by atoms with Gasteiger partial charge in [-0.1, -0.05) is 35.9 Å². The van der Waals surface area contributed by atoms with Crippen LogP contribution in [0.1, 0.15) is 28.8 Å². The van der Waals surface area contributed by atoms with Crippen LogP contribution in [0.2, 0.25) is 5.02 Å². The summed E-state index contributed by atoms with van der Waals surface area (Å²) < 4.78 is 15.7. The number of ether oxygens (including phenoxy) is 3. The van der Waals surface area contributed by atoms with Crippen LogP contribution in [0.15, 0.2) is 48.5 Å². The van der Waals surface area contributed by atoms with Gasteiger partial charge in [-0.25, -0.2) is 4.79 Å². The van der Waals surface area contributed by atoms with Crippen molar-refractivity contribution in [2.75, 3.05) is 26.8 Å². The molecule has 1 amide bonds. The van der Waals surface area contributed by atoms with Gasteiger partial charge in [0.15, 0.2) is 6.61 Å². The number of carbonyl (C=O) groups is 3. The molecule has 1 heterocycles. The van der Waals surface area contributed by atoms with E-state index in [1.807, 2.05) is 12.1 Å². The van der Waals surface area contributed by atoms with Crippen LogP contribution in [-0.2, 0) is 25.7 Å². The Balaban J connectivity index is 1.52. The maximum absolute atomic E-state index is 12.5. The fourth-order valence-electron chi connectivity index (χ4n) is 3.33. The molecule has 0 radical (unpaired) electrons. The average Bonchev–Trinajstić information content (AvgIpc) is 2.81. The lowest BCUT2D eigenvalue weighted by molar-refractivity contribution is -0.149. The highest BCUT2D eigenvalue weighted by Gasteiger charge is 2.28. The second kappa shape index (κ2) is 10.8. The van der Waals surface area contributed by atoms with E-state index in [9.17, 15) is 14.4 Å². The number of halogens is 1. The lowest BCUT2D eigenvalue weighted by atomic mass is 9.97. The van der Waals surface area contributed by atoms with Crippen LogP contribution < -0.4 is 4.74 Å². The van der Waals surface area contributed by atoms with E-state index in [0.717, 1.165) is 5.56 Å². The summed E-state index contributed by atoms with van der Waals surface area (Å²) in [5, 5.41) is 0.631. The van der Waals surface area contributed by atoms with E-state index in [1.165, 1.54) is 7.11 Å². The Hall–Kier alpha value is -3.06. The van der Waals surface area contributed by atoms with Crippen LogP contribution in [-0.4, -0.2) is 49.6 Å². The molecule has 2 aromatic carbocycles. The molecular formula is C23H24ClNO6. The standard InChI is InChI=1S/C23H24ClNO6/c1-29-22(27)17-10-12-25(13-11-17)21(26)15-31-23(28)19-4-2-3-5-20(19)30-14-16-6-8-18(24)9-7-16/h2-9,17H,10-15H2,1H3. The van der Waals surface area contributed by atoms with E-state index < -0.39 is 5.97 Å². The van der Waals surface area contributed by atoms with Crippen molar-refractivity contribution in [2.24, 2.45) is 5.92 Å². The molecule has 8 heteroatoms. The molecular weight excluding hydrogens is 422 g/mol. The molecule has 1 aliphatic heterocycles. The Bertz CT molecular complexity index is 922. The topological polar surface area (TPSA) is 82.1 Å². The van der Waals surface area contributed by atoms with Gasteiger partial charge in [-0.05, 0) is 42.7 Å². The number of hydrogen-bond donors (Lipinski definition) is 0. The van der Waals surface area contributed by atoms with E-state index in [-0.39, 0.29) is 36.6 Å². The molecule has 0 saturated carbocycles. The quantitative estimate of drug-likeness (QED) is 0.607. The Morgan fingerprint density at radius 1 is 1.03 bits per heavy atom. The highest BCUT2D eigenvalue weighted by molar-refractivity contribution is 6.30. The molecule has 1 aliphatic rings. The number of piperidine rings is 1. The molecule has 2 aromatic rings. The van der Waals surface area contributed by atoms with E-state index in [2.05, 4.69) is 0 Å². The lowest BCUT2D eigenvalue weighted by Crippen LogP contribution is -2.42. The van der Waals surface area contributed by atoms with E-state index >= 15 is 0 Å². The zero-order chi connectivity index (χ0) is 22.2. The van der Waals surface area contributed by atoms with Gasteiger partial charge in [0.25, 0.3) is 5.91 Å². The van der Waals surface area contributed by atoms with Crippen molar-refractivity contribution in [1.82, 2.24) is 4.90 Å². The number of amides is 1. The van der Waals surface area contributed by atoms with Crippen molar-refractivity contribution in [3.63, 3.8) is 0 Å². The number of para-hydroxylation sites is 1. The number of rotatable bonds is 7. The van der Waals surface area contributed by atoms with Crippen molar-refractivity contribution in [3.8, 4) is 5.75 Å². The SMILES string of the molecule is COC(=O)C1CCN(C(=O)COC(=O)c2ccccc2OCc2ccc(Cl)cc2)CC1. The molecule has 1 saturated heterocycles. The normalized spacial score (nSPS) is 14.1. The van der Waals surface area contributed by atoms with Gasteiger partial charge in [0.1, 0.15) is 17.9 Å². The highest BCUT2D eigenvalue weighted by Crippen LogP contribution is 2.22. The minimum absolute atomic E-state index is 0.193. The van der Waals surface area contributed by atoms with Crippen molar-refractivity contribution < 1.29 is 28.6 Å². The van der Waals surface area contributed by atoms with Gasteiger partial charge in [0.05, 0.1) is 13.0 Å². The second-order valence-electron chi connectivity index (χ2n) is 7.17. The fraction of sp³-hybridized carbons (Fsp3) is 0.348. The van der Waals surface area contributed by atoms with Gasteiger partial charge >= 0.3 is 11.9 Å². The third-order valence-electron chi connectivity index (χ3n) is 5.12. The molecule has 7 nitrogen and oxygen atoms in total. The molecule has 1 fully saturated rings. The lowest BCUT2D eigenvalue weighted by Gasteiger charge is -2.30. The maximum Gasteiger partial charge on any atom is 0.342 e. The summed E-state index contributed by atoms with van der Waals surface area (Å²) in [5.74, 6) is -1.01. The highest BCUT2D eigenvalue weighted by atomic mass is 35.5. The van der Waals surface area contributed by atoms with Crippen molar-refractivity contribution in [2.45, 2.75) is 19.4 Å². The number of benzene rings is 2. The van der Waals surface area contributed by atoms with Crippen LogP contribution >= 0.6 is 11.6 Å². The summed E-state index contributed by atoms with van der Waals surface area (Å²) in [4.78, 5) is 38.1. The third-order valence-corrected chi connectivity index (χ3v) is 5.38. The van der Waals surface area contributed by atoms with Crippen LogP contribution in [0.25, 0.3) is 0 Å². The number of methoxy groups -OCH3 is 1. The molecule has 0 aliphatic carbocycles. The molecule has 164 valence electrons. The van der Waals surface area contributed by atoms with Crippen molar-refractivity contribution in [3.05, 3.63) is 64.7 Å². The van der Waals surface area contributed by atoms with Crippen LogP contribution in [0.4, 0.5) is 0 Å². The second-order valence-corrected chi connectivity index (χ2v) is 7.60. The summed E-state index contributed by atoms with van der Waals surface area (Å²) in [7, 11) is 1.36. The predicted octanol–water partition coefficient (Wildman–Crippen LogP) is 3.49. The zero-order valence-corrected chi connectivity index (χ0v) is 18.0. The van der Waals surface area contributed by atoms with Gasteiger partial charge in [0, 0.05) is 18.1 Å². The first-order valence-electron chi connectivity index (χ1n) is 9.97. The minimum Gasteiger partial charge on any atom is -0.488 e. The Kier molecular flexibility index (Phi) is 7.89. The first-order chi connectivity index (χ1) is 15.0. The Morgan fingerprint density at radius 3 is 2.39 bits per heavy atom. The number of hydrogen-bond acceptors (Lipinski definition) is 6. The monoisotopic (exact) mass is 445 g/mol. The predicted molar refractivity (Wildman–Crippen MR) is 114 cm³/mol. The van der Waals surface area contributed by atoms with Crippen LogP contribution in [0.5, 0.6) is 5.75 Å². The molecule has 0 bridgehead atoms. The minimum atomic E-state index is -0.635. The van der Waals surface area contributed by atoms with Gasteiger partial charge in [-0.3, -0.25) is 9.59 Å². The average molecular weight is 446 g/mol. The number of nitrogens with zero attached hydrogens (tertiary/aromatic N) is 1. The molecule has 3 rings (SSSR count). The summed E-state index contributed by atoms with van der Waals surface area (Å²) >= 11 is 5.89. The maximum atomic E-state index is 12.5.